The van der Waals surface area contributed by atoms with Crippen molar-refractivity contribution in [2.24, 2.45) is 5.92 Å². The monoisotopic (exact) mass is 248 g/mol. The first-order valence-corrected chi connectivity index (χ1v) is 6.46. The lowest BCUT2D eigenvalue weighted by Gasteiger charge is -2.25. The Bertz CT molecular complexity index is 420. The summed E-state index contributed by atoms with van der Waals surface area (Å²) in [4.78, 5) is 11.9. The third-order valence-corrected chi connectivity index (χ3v) is 3.48. The van der Waals surface area contributed by atoms with Crippen LogP contribution >= 0.6 is 0 Å². The van der Waals surface area contributed by atoms with Gasteiger partial charge >= 0.3 is 0 Å². The Morgan fingerprint density at radius 2 is 2.11 bits per heavy atom. The maximum absolute atomic E-state index is 11.9. The number of amides is 1. The molecule has 2 unspecified atom stereocenters. The number of anilines is 1. The number of carbonyl (C=O) groups excluding carboxylic acids is 1. The molecule has 2 rings (SSSR count). The van der Waals surface area contributed by atoms with E-state index in [0.717, 1.165) is 30.5 Å². The van der Waals surface area contributed by atoms with Crippen molar-refractivity contribution in [2.45, 2.75) is 38.7 Å². The van der Waals surface area contributed by atoms with Gasteiger partial charge in [0, 0.05) is 5.92 Å². The Balaban J connectivity index is 1.86. The maximum Gasteiger partial charge on any atom is 0.241 e. The minimum atomic E-state index is -0.326. The largest absolute Gasteiger partial charge is 0.393 e. The van der Waals surface area contributed by atoms with Gasteiger partial charge in [0.05, 0.1) is 11.8 Å². The van der Waals surface area contributed by atoms with E-state index in [1.807, 2.05) is 31.2 Å². The third-order valence-electron chi connectivity index (χ3n) is 3.48. The van der Waals surface area contributed by atoms with Gasteiger partial charge in [-0.15, -0.1) is 0 Å². The number of benzene rings is 1. The van der Waals surface area contributed by atoms with E-state index in [9.17, 15) is 9.90 Å². The Morgan fingerprint density at radius 1 is 1.33 bits per heavy atom. The van der Waals surface area contributed by atoms with E-state index in [1.54, 1.807) is 0 Å². The van der Waals surface area contributed by atoms with E-state index < -0.39 is 0 Å². The SMILES string of the molecule is Cc1ccccc1NNC(=O)C1CCCC(O)C1. The highest BCUT2D eigenvalue weighted by Gasteiger charge is 2.25. The topological polar surface area (TPSA) is 61.4 Å². The number of aryl methyl sites for hydroxylation is 1. The van der Waals surface area contributed by atoms with Crippen LogP contribution in [-0.2, 0) is 4.79 Å². The molecule has 0 spiro atoms. The van der Waals surface area contributed by atoms with Crippen molar-refractivity contribution in [3.05, 3.63) is 29.8 Å². The van der Waals surface area contributed by atoms with Crippen molar-refractivity contribution < 1.29 is 9.90 Å². The van der Waals surface area contributed by atoms with Gasteiger partial charge in [-0.05, 0) is 37.8 Å². The fourth-order valence-electron chi connectivity index (χ4n) is 2.35. The van der Waals surface area contributed by atoms with Crippen LogP contribution in [0.25, 0.3) is 0 Å². The zero-order valence-electron chi connectivity index (χ0n) is 10.6. The highest BCUT2D eigenvalue weighted by Crippen LogP contribution is 2.24. The van der Waals surface area contributed by atoms with Crippen LogP contribution in [0.1, 0.15) is 31.2 Å². The van der Waals surface area contributed by atoms with Crippen molar-refractivity contribution in [1.82, 2.24) is 5.43 Å². The summed E-state index contributed by atoms with van der Waals surface area (Å²) in [7, 11) is 0. The summed E-state index contributed by atoms with van der Waals surface area (Å²) in [6, 6.07) is 7.79. The minimum Gasteiger partial charge on any atom is -0.393 e. The van der Waals surface area contributed by atoms with Crippen molar-refractivity contribution >= 4 is 11.6 Å². The van der Waals surface area contributed by atoms with Crippen LogP contribution in [0.2, 0.25) is 0 Å². The lowest BCUT2D eigenvalue weighted by molar-refractivity contribution is -0.126. The highest BCUT2D eigenvalue weighted by molar-refractivity contribution is 5.80. The molecule has 0 bridgehead atoms. The van der Waals surface area contributed by atoms with E-state index in [2.05, 4.69) is 10.9 Å². The summed E-state index contributed by atoms with van der Waals surface area (Å²) in [5.74, 6) is -0.109. The summed E-state index contributed by atoms with van der Waals surface area (Å²) in [5, 5.41) is 9.56. The lowest BCUT2D eigenvalue weighted by Crippen LogP contribution is -2.38. The number of nitrogens with one attached hydrogen (secondary N) is 2. The number of aliphatic hydroxyl groups excluding tert-OH is 1. The van der Waals surface area contributed by atoms with E-state index in [-0.39, 0.29) is 17.9 Å². The molecule has 1 saturated carbocycles. The Kier molecular flexibility index (Phi) is 4.20. The van der Waals surface area contributed by atoms with Gasteiger partial charge in [0.25, 0.3) is 0 Å². The highest BCUT2D eigenvalue weighted by atomic mass is 16.3. The Labute approximate surface area is 107 Å². The van der Waals surface area contributed by atoms with Gasteiger partial charge in [-0.1, -0.05) is 24.6 Å². The molecular formula is C14H20N2O2. The molecule has 0 radical (unpaired) electrons. The smallest absolute Gasteiger partial charge is 0.241 e. The Hall–Kier alpha value is -1.55. The van der Waals surface area contributed by atoms with E-state index in [1.165, 1.54) is 0 Å². The molecule has 98 valence electrons. The van der Waals surface area contributed by atoms with Gasteiger partial charge in [0.1, 0.15) is 0 Å². The third kappa shape index (κ3) is 3.23. The Morgan fingerprint density at radius 3 is 2.83 bits per heavy atom. The molecule has 0 aliphatic heterocycles. The number of para-hydroxylation sites is 1. The summed E-state index contributed by atoms with van der Waals surface area (Å²) < 4.78 is 0. The molecule has 1 aliphatic carbocycles. The predicted molar refractivity (Wildman–Crippen MR) is 70.9 cm³/mol. The average Bonchev–Trinajstić information content (AvgIpc) is 2.37. The van der Waals surface area contributed by atoms with Crippen molar-refractivity contribution in [3.8, 4) is 0 Å². The fourth-order valence-corrected chi connectivity index (χ4v) is 2.35. The molecule has 0 aromatic heterocycles. The van der Waals surface area contributed by atoms with E-state index in [0.29, 0.717) is 6.42 Å². The normalized spacial score (nSPS) is 23.4. The molecular weight excluding hydrogens is 228 g/mol. The van der Waals surface area contributed by atoms with Crippen LogP contribution in [-0.4, -0.2) is 17.1 Å². The molecule has 0 saturated heterocycles. The van der Waals surface area contributed by atoms with Gasteiger partial charge in [-0.2, -0.15) is 0 Å². The molecule has 3 N–H and O–H groups in total. The minimum absolute atomic E-state index is 0.0306. The summed E-state index contributed by atoms with van der Waals surface area (Å²) in [5.41, 5.74) is 7.66. The van der Waals surface area contributed by atoms with Gasteiger partial charge < -0.3 is 5.11 Å². The zero-order valence-corrected chi connectivity index (χ0v) is 10.6. The first-order valence-electron chi connectivity index (χ1n) is 6.46. The fraction of sp³-hybridized carbons (Fsp3) is 0.500. The molecule has 1 fully saturated rings. The summed E-state index contributed by atoms with van der Waals surface area (Å²) in [6.45, 7) is 1.98. The molecule has 2 atom stereocenters. The van der Waals surface area contributed by atoms with Gasteiger partial charge in [0.15, 0.2) is 0 Å². The van der Waals surface area contributed by atoms with Crippen LogP contribution in [0.3, 0.4) is 0 Å². The van der Waals surface area contributed by atoms with Crippen LogP contribution in [0.4, 0.5) is 5.69 Å². The molecule has 1 aromatic rings. The summed E-state index contributed by atoms with van der Waals surface area (Å²) >= 11 is 0. The van der Waals surface area contributed by atoms with Crippen LogP contribution in [0.15, 0.2) is 24.3 Å². The van der Waals surface area contributed by atoms with Gasteiger partial charge in [0.2, 0.25) is 5.91 Å². The molecule has 18 heavy (non-hydrogen) atoms. The first-order chi connectivity index (χ1) is 8.66. The molecule has 1 aromatic carbocycles. The molecule has 0 heterocycles. The second-order valence-corrected chi connectivity index (χ2v) is 4.95. The number of hydrogen-bond donors (Lipinski definition) is 3. The lowest BCUT2D eigenvalue weighted by atomic mass is 9.87. The molecule has 4 nitrogen and oxygen atoms in total. The average molecular weight is 248 g/mol. The number of hydrogen-bond acceptors (Lipinski definition) is 3. The van der Waals surface area contributed by atoms with Gasteiger partial charge in [-0.25, -0.2) is 0 Å². The number of rotatable bonds is 3. The second-order valence-electron chi connectivity index (χ2n) is 4.95. The standard InChI is InChI=1S/C14H20N2O2/c1-10-5-2-3-8-13(10)15-16-14(18)11-6-4-7-12(17)9-11/h2-3,5,8,11-12,15,17H,4,6-7,9H2,1H3,(H,16,18). The number of hydrazine groups is 1. The van der Waals surface area contributed by atoms with Crippen LogP contribution < -0.4 is 10.9 Å². The zero-order chi connectivity index (χ0) is 13.0. The van der Waals surface area contributed by atoms with Crippen LogP contribution in [0, 0.1) is 12.8 Å². The molecule has 1 aliphatic rings. The quantitative estimate of drug-likeness (QED) is 0.717. The first kappa shape index (κ1) is 12.9. The maximum atomic E-state index is 11.9. The van der Waals surface area contributed by atoms with Crippen molar-refractivity contribution in [3.63, 3.8) is 0 Å². The van der Waals surface area contributed by atoms with E-state index in [4.69, 9.17) is 0 Å². The number of aliphatic hydroxyl groups is 1. The molecule has 1 amide bonds. The second kappa shape index (κ2) is 5.87. The van der Waals surface area contributed by atoms with Crippen molar-refractivity contribution in [1.29, 1.82) is 0 Å². The molecule has 4 heteroatoms. The van der Waals surface area contributed by atoms with E-state index >= 15 is 0 Å². The summed E-state index contributed by atoms with van der Waals surface area (Å²) in [6.07, 6.45) is 2.84. The van der Waals surface area contributed by atoms with Crippen LogP contribution in [0.5, 0.6) is 0 Å². The number of carbonyl (C=O) groups is 1. The van der Waals surface area contributed by atoms with Gasteiger partial charge in [-0.3, -0.25) is 15.6 Å². The predicted octanol–water partition coefficient (Wildman–Crippen LogP) is 1.99. The van der Waals surface area contributed by atoms with Crippen molar-refractivity contribution in [2.75, 3.05) is 5.43 Å².